The van der Waals surface area contributed by atoms with E-state index in [9.17, 15) is 4.79 Å². The molecule has 0 saturated carbocycles. The van der Waals surface area contributed by atoms with Crippen molar-refractivity contribution in [2.75, 3.05) is 12.0 Å². The van der Waals surface area contributed by atoms with E-state index in [1.807, 2.05) is 43.3 Å². The SMILES string of the molecule is COc1ccc(N2C(=O)N[C@@H]3C[C@]2(C)Oc2ccc(Cl)cc23)cc1. The van der Waals surface area contributed by atoms with E-state index in [1.54, 1.807) is 18.1 Å². The van der Waals surface area contributed by atoms with Crippen LogP contribution in [0, 0.1) is 0 Å². The number of nitrogens with one attached hydrogen (secondary N) is 1. The fourth-order valence-electron chi connectivity index (χ4n) is 3.47. The van der Waals surface area contributed by atoms with Gasteiger partial charge in [-0.2, -0.15) is 0 Å². The van der Waals surface area contributed by atoms with Crippen molar-refractivity contribution >= 4 is 23.3 Å². The average Bonchev–Trinajstić information content (AvgIpc) is 2.55. The molecule has 2 amide bonds. The van der Waals surface area contributed by atoms with Crippen LogP contribution in [0.1, 0.15) is 24.9 Å². The number of amides is 2. The Morgan fingerprint density at radius 1 is 1.29 bits per heavy atom. The molecule has 0 aromatic heterocycles. The number of rotatable bonds is 2. The van der Waals surface area contributed by atoms with E-state index in [0.717, 1.165) is 22.7 Å². The summed E-state index contributed by atoms with van der Waals surface area (Å²) in [4.78, 5) is 14.4. The molecule has 5 nitrogen and oxygen atoms in total. The van der Waals surface area contributed by atoms with E-state index >= 15 is 0 Å². The number of fused-ring (bicyclic) bond motifs is 4. The molecule has 2 aliphatic heterocycles. The van der Waals surface area contributed by atoms with Crippen molar-refractivity contribution in [3.05, 3.63) is 53.1 Å². The molecule has 2 atom stereocenters. The molecule has 0 aliphatic carbocycles. The molecule has 4 rings (SSSR count). The highest BCUT2D eigenvalue weighted by Crippen LogP contribution is 2.46. The summed E-state index contributed by atoms with van der Waals surface area (Å²) < 4.78 is 11.4. The third-order valence-electron chi connectivity index (χ3n) is 4.56. The molecule has 1 saturated heterocycles. The molecule has 124 valence electrons. The van der Waals surface area contributed by atoms with Gasteiger partial charge in [-0.25, -0.2) is 4.79 Å². The quantitative estimate of drug-likeness (QED) is 0.891. The van der Waals surface area contributed by atoms with Crippen LogP contribution in [-0.4, -0.2) is 18.9 Å². The Hall–Kier alpha value is -2.40. The Balaban J connectivity index is 1.76. The Morgan fingerprint density at radius 2 is 2.04 bits per heavy atom. The zero-order chi connectivity index (χ0) is 16.9. The van der Waals surface area contributed by atoms with Crippen LogP contribution in [0.4, 0.5) is 10.5 Å². The maximum absolute atomic E-state index is 12.7. The zero-order valence-corrected chi connectivity index (χ0v) is 14.1. The Morgan fingerprint density at radius 3 is 2.75 bits per heavy atom. The molecule has 6 heteroatoms. The van der Waals surface area contributed by atoms with Crippen LogP contribution in [-0.2, 0) is 0 Å². The maximum atomic E-state index is 12.7. The van der Waals surface area contributed by atoms with Crippen molar-refractivity contribution in [2.45, 2.75) is 25.1 Å². The number of anilines is 1. The van der Waals surface area contributed by atoms with Gasteiger partial charge in [0, 0.05) is 22.7 Å². The fraction of sp³-hybridized carbons (Fsp3) is 0.278. The lowest BCUT2D eigenvalue weighted by molar-refractivity contribution is 0.0379. The highest BCUT2D eigenvalue weighted by Gasteiger charge is 2.49. The van der Waals surface area contributed by atoms with Crippen molar-refractivity contribution in [3.8, 4) is 11.5 Å². The van der Waals surface area contributed by atoms with Gasteiger partial charge >= 0.3 is 6.03 Å². The topological polar surface area (TPSA) is 50.8 Å². The average molecular weight is 345 g/mol. The van der Waals surface area contributed by atoms with E-state index in [-0.39, 0.29) is 12.1 Å². The van der Waals surface area contributed by atoms with E-state index < -0.39 is 5.72 Å². The summed E-state index contributed by atoms with van der Waals surface area (Å²) in [5, 5.41) is 3.68. The number of hydrogen-bond acceptors (Lipinski definition) is 3. The van der Waals surface area contributed by atoms with Gasteiger partial charge in [0.1, 0.15) is 11.5 Å². The van der Waals surface area contributed by atoms with E-state index in [0.29, 0.717) is 11.4 Å². The molecule has 2 heterocycles. The van der Waals surface area contributed by atoms with Gasteiger partial charge in [0.2, 0.25) is 0 Å². The minimum atomic E-state index is -0.761. The minimum Gasteiger partial charge on any atom is -0.497 e. The molecule has 0 spiro atoms. The second-order valence-electron chi connectivity index (χ2n) is 6.20. The number of hydrogen-bond donors (Lipinski definition) is 1. The van der Waals surface area contributed by atoms with Crippen molar-refractivity contribution < 1.29 is 14.3 Å². The Bertz CT molecular complexity index is 808. The first-order chi connectivity index (χ1) is 11.5. The molecule has 0 unspecified atom stereocenters. The summed E-state index contributed by atoms with van der Waals surface area (Å²) in [5.74, 6) is 1.49. The lowest BCUT2D eigenvalue weighted by Gasteiger charge is -2.50. The van der Waals surface area contributed by atoms with Gasteiger partial charge in [0.15, 0.2) is 5.72 Å². The predicted molar refractivity (Wildman–Crippen MR) is 91.8 cm³/mol. The monoisotopic (exact) mass is 344 g/mol. The van der Waals surface area contributed by atoms with Crippen LogP contribution in [0.5, 0.6) is 11.5 Å². The molecule has 2 aromatic carbocycles. The van der Waals surface area contributed by atoms with Gasteiger partial charge in [0.25, 0.3) is 0 Å². The van der Waals surface area contributed by atoms with E-state index in [4.69, 9.17) is 21.1 Å². The summed E-state index contributed by atoms with van der Waals surface area (Å²) in [7, 11) is 1.61. The summed E-state index contributed by atoms with van der Waals surface area (Å²) in [6, 6.07) is 12.6. The van der Waals surface area contributed by atoms with Gasteiger partial charge < -0.3 is 14.8 Å². The van der Waals surface area contributed by atoms with Gasteiger partial charge in [-0.1, -0.05) is 11.6 Å². The molecular formula is C18H17ClN2O3. The predicted octanol–water partition coefficient (Wildman–Crippen LogP) is 4.12. The minimum absolute atomic E-state index is 0.112. The first-order valence-corrected chi connectivity index (χ1v) is 8.11. The number of ether oxygens (including phenoxy) is 2. The first-order valence-electron chi connectivity index (χ1n) is 7.73. The molecule has 24 heavy (non-hydrogen) atoms. The lowest BCUT2D eigenvalue weighted by atomic mass is 9.90. The van der Waals surface area contributed by atoms with Crippen LogP contribution in [0.3, 0.4) is 0 Å². The molecule has 2 bridgehead atoms. The Labute approximate surface area is 145 Å². The summed E-state index contributed by atoms with van der Waals surface area (Å²) >= 11 is 6.09. The molecule has 2 aromatic rings. The van der Waals surface area contributed by atoms with Crippen LogP contribution in [0.25, 0.3) is 0 Å². The maximum Gasteiger partial charge on any atom is 0.325 e. The van der Waals surface area contributed by atoms with Crippen LogP contribution in [0.15, 0.2) is 42.5 Å². The number of benzene rings is 2. The smallest absolute Gasteiger partial charge is 0.325 e. The summed E-state index contributed by atoms with van der Waals surface area (Å²) in [6.07, 6.45) is 0.637. The van der Waals surface area contributed by atoms with E-state index in [1.165, 1.54) is 0 Å². The van der Waals surface area contributed by atoms with Gasteiger partial charge in [-0.3, -0.25) is 4.90 Å². The van der Waals surface area contributed by atoms with Crippen LogP contribution < -0.4 is 19.7 Å². The zero-order valence-electron chi connectivity index (χ0n) is 13.4. The summed E-state index contributed by atoms with van der Waals surface area (Å²) in [6.45, 7) is 1.93. The second kappa shape index (κ2) is 5.31. The van der Waals surface area contributed by atoms with Gasteiger partial charge in [0.05, 0.1) is 13.2 Å². The molecule has 1 N–H and O–H groups in total. The summed E-state index contributed by atoms with van der Waals surface area (Å²) in [5.41, 5.74) is 0.914. The van der Waals surface area contributed by atoms with Crippen molar-refractivity contribution in [3.63, 3.8) is 0 Å². The molecule has 0 radical (unpaired) electrons. The first kappa shape index (κ1) is 15.1. The molecule has 2 aliphatic rings. The molecular weight excluding hydrogens is 328 g/mol. The number of carbonyl (C=O) groups excluding carboxylic acids is 1. The lowest BCUT2D eigenvalue weighted by Crippen LogP contribution is -2.65. The fourth-order valence-corrected chi connectivity index (χ4v) is 3.65. The third kappa shape index (κ3) is 2.27. The van der Waals surface area contributed by atoms with Gasteiger partial charge in [-0.05, 0) is 49.4 Å². The number of carbonyl (C=O) groups is 1. The highest BCUT2D eigenvalue weighted by atomic mass is 35.5. The van der Waals surface area contributed by atoms with Gasteiger partial charge in [-0.15, -0.1) is 0 Å². The number of nitrogens with zero attached hydrogens (tertiary/aromatic N) is 1. The normalized spacial score (nSPS) is 24.7. The number of urea groups is 1. The second-order valence-corrected chi connectivity index (χ2v) is 6.64. The Kier molecular flexibility index (Phi) is 3.35. The van der Waals surface area contributed by atoms with Crippen molar-refractivity contribution in [1.82, 2.24) is 5.32 Å². The highest BCUT2D eigenvalue weighted by molar-refractivity contribution is 6.30. The molecule has 1 fully saturated rings. The van der Waals surface area contributed by atoms with Crippen LogP contribution in [0.2, 0.25) is 5.02 Å². The van der Waals surface area contributed by atoms with Crippen molar-refractivity contribution in [2.24, 2.45) is 0 Å². The van der Waals surface area contributed by atoms with E-state index in [2.05, 4.69) is 5.32 Å². The number of methoxy groups -OCH3 is 1. The number of halogens is 1. The van der Waals surface area contributed by atoms with Crippen LogP contribution >= 0.6 is 11.6 Å². The standard InChI is InChI=1S/C18H17ClN2O3/c1-18-10-15(14-9-11(19)3-8-16(14)24-18)20-17(22)21(18)12-4-6-13(23-2)7-5-12/h3-9,15H,10H2,1-2H3,(H,20,22)/t15-,18+/m1/s1. The largest absolute Gasteiger partial charge is 0.497 e. The third-order valence-corrected chi connectivity index (χ3v) is 4.80. The van der Waals surface area contributed by atoms with Crippen molar-refractivity contribution in [1.29, 1.82) is 0 Å².